The molecular weight excluding hydrogens is 311 g/mol. The van der Waals surface area contributed by atoms with E-state index >= 15 is 0 Å². The van der Waals surface area contributed by atoms with Gasteiger partial charge in [-0.05, 0) is 32.9 Å². The summed E-state index contributed by atoms with van der Waals surface area (Å²) >= 11 is 11.9. The van der Waals surface area contributed by atoms with Crippen molar-refractivity contribution in [2.24, 2.45) is 0 Å². The number of hydrogen-bond acceptors (Lipinski definition) is 2. The van der Waals surface area contributed by atoms with Gasteiger partial charge in [0.25, 0.3) is 0 Å². The first-order chi connectivity index (χ1) is 9.62. The second kappa shape index (κ2) is 7.14. The minimum atomic E-state index is -0.320. The summed E-state index contributed by atoms with van der Waals surface area (Å²) in [6.07, 6.45) is 0.194. The molecule has 0 fully saturated rings. The average molecular weight is 331 g/mol. The minimum Gasteiger partial charge on any atom is -0.338 e. The van der Waals surface area contributed by atoms with Crippen LogP contribution in [0, 0.1) is 0 Å². The molecular formula is C15H20Cl2N2O2. The molecule has 1 N–H and O–H groups in total. The van der Waals surface area contributed by atoms with Crippen molar-refractivity contribution in [2.75, 3.05) is 11.9 Å². The number of hydrogen-bond donors (Lipinski definition) is 1. The van der Waals surface area contributed by atoms with Crippen molar-refractivity contribution >= 4 is 40.7 Å². The zero-order chi connectivity index (χ0) is 16.2. The summed E-state index contributed by atoms with van der Waals surface area (Å²) in [5.74, 6) is -0.272. The Labute approximate surface area is 135 Å². The van der Waals surface area contributed by atoms with Crippen molar-refractivity contribution in [3.63, 3.8) is 0 Å². The molecule has 0 aromatic heterocycles. The third-order valence-electron chi connectivity index (χ3n) is 2.98. The van der Waals surface area contributed by atoms with E-state index < -0.39 is 0 Å². The molecule has 4 nitrogen and oxygen atoms in total. The van der Waals surface area contributed by atoms with Gasteiger partial charge in [0, 0.05) is 25.4 Å². The van der Waals surface area contributed by atoms with E-state index in [1.165, 1.54) is 6.92 Å². The Morgan fingerprint density at radius 3 is 2.38 bits per heavy atom. The zero-order valence-electron chi connectivity index (χ0n) is 12.7. The first-order valence-corrected chi connectivity index (χ1v) is 7.40. The lowest BCUT2D eigenvalue weighted by Gasteiger charge is -2.34. The van der Waals surface area contributed by atoms with Crippen LogP contribution in [0.2, 0.25) is 10.0 Å². The first-order valence-electron chi connectivity index (χ1n) is 6.65. The number of carbonyl (C=O) groups excluding carboxylic acids is 2. The van der Waals surface area contributed by atoms with Gasteiger partial charge in [-0.25, -0.2) is 0 Å². The molecule has 0 unspecified atom stereocenters. The molecule has 2 amide bonds. The highest BCUT2D eigenvalue weighted by molar-refractivity contribution is 6.43. The maximum atomic E-state index is 12.0. The van der Waals surface area contributed by atoms with Crippen LogP contribution in [0.1, 0.15) is 34.1 Å². The van der Waals surface area contributed by atoms with E-state index in [0.717, 1.165) is 0 Å². The molecule has 1 rings (SSSR count). The van der Waals surface area contributed by atoms with Gasteiger partial charge in [0.2, 0.25) is 11.8 Å². The van der Waals surface area contributed by atoms with Gasteiger partial charge < -0.3 is 10.2 Å². The van der Waals surface area contributed by atoms with Crippen LogP contribution in [0.4, 0.5) is 5.69 Å². The van der Waals surface area contributed by atoms with Crippen molar-refractivity contribution < 1.29 is 9.59 Å². The van der Waals surface area contributed by atoms with Crippen molar-refractivity contribution in [1.82, 2.24) is 4.90 Å². The Balaban J connectivity index is 2.66. The van der Waals surface area contributed by atoms with Gasteiger partial charge in [-0.2, -0.15) is 0 Å². The minimum absolute atomic E-state index is 0.0592. The van der Waals surface area contributed by atoms with E-state index in [2.05, 4.69) is 5.32 Å². The molecule has 0 aliphatic heterocycles. The van der Waals surface area contributed by atoms with Gasteiger partial charge in [-0.15, -0.1) is 0 Å². The summed E-state index contributed by atoms with van der Waals surface area (Å²) in [5, 5.41) is 3.40. The van der Waals surface area contributed by atoms with Crippen LogP contribution in [0.5, 0.6) is 0 Å². The Kier molecular flexibility index (Phi) is 6.05. The van der Waals surface area contributed by atoms with Gasteiger partial charge in [0.1, 0.15) is 0 Å². The quantitative estimate of drug-likeness (QED) is 0.907. The molecule has 0 radical (unpaired) electrons. The topological polar surface area (TPSA) is 49.4 Å². The molecule has 1 aromatic rings. The fraction of sp³-hybridized carbons (Fsp3) is 0.467. The van der Waals surface area contributed by atoms with Crippen molar-refractivity contribution in [1.29, 1.82) is 0 Å². The molecule has 0 saturated heterocycles. The number of carbonyl (C=O) groups is 2. The first kappa shape index (κ1) is 17.8. The molecule has 0 bridgehead atoms. The van der Waals surface area contributed by atoms with E-state index in [4.69, 9.17) is 23.2 Å². The van der Waals surface area contributed by atoms with Gasteiger partial charge in [-0.3, -0.25) is 9.59 Å². The van der Waals surface area contributed by atoms with Crippen LogP contribution in [-0.2, 0) is 9.59 Å². The molecule has 0 aliphatic carbocycles. The zero-order valence-corrected chi connectivity index (χ0v) is 14.2. The van der Waals surface area contributed by atoms with Crippen LogP contribution in [0.25, 0.3) is 0 Å². The summed E-state index contributed by atoms with van der Waals surface area (Å²) in [4.78, 5) is 25.3. The van der Waals surface area contributed by atoms with E-state index in [1.54, 1.807) is 23.1 Å². The predicted octanol–water partition coefficient (Wildman–Crippen LogP) is 3.97. The third-order valence-corrected chi connectivity index (χ3v) is 3.80. The lowest BCUT2D eigenvalue weighted by molar-refractivity contribution is -0.134. The second-order valence-electron chi connectivity index (χ2n) is 5.74. The average Bonchev–Trinajstić information content (AvgIpc) is 2.33. The van der Waals surface area contributed by atoms with Crippen LogP contribution in [0.3, 0.4) is 0 Å². The molecule has 0 spiro atoms. The maximum Gasteiger partial charge on any atom is 0.226 e. The molecule has 21 heavy (non-hydrogen) atoms. The fourth-order valence-corrected chi connectivity index (χ4v) is 2.34. The SMILES string of the molecule is CC(=O)N(CCC(=O)Nc1cccc(Cl)c1Cl)C(C)(C)C. The molecule has 116 valence electrons. The standard InChI is InChI=1S/C15H20Cl2N2O2/c1-10(20)19(15(2,3)4)9-8-13(21)18-12-7-5-6-11(16)14(12)17/h5-7H,8-9H2,1-4H3,(H,18,21). The smallest absolute Gasteiger partial charge is 0.226 e. The number of rotatable bonds is 4. The molecule has 1 aromatic carbocycles. The van der Waals surface area contributed by atoms with Crippen molar-refractivity contribution in [3.05, 3.63) is 28.2 Å². The molecule has 0 heterocycles. The van der Waals surface area contributed by atoms with Crippen molar-refractivity contribution in [2.45, 2.75) is 39.7 Å². The number of benzene rings is 1. The van der Waals surface area contributed by atoms with E-state index in [-0.39, 0.29) is 23.8 Å². The van der Waals surface area contributed by atoms with Crippen LogP contribution in [0.15, 0.2) is 18.2 Å². The Hall–Kier alpha value is -1.26. The van der Waals surface area contributed by atoms with Crippen molar-refractivity contribution in [3.8, 4) is 0 Å². The van der Waals surface area contributed by atoms with Gasteiger partial charge >= 0.3 is 0 Å². The highest BCUT2D eigenvalue weighted by Crippen LogP contribution is 2.29. The summed E-state index contributed by atoms with van der Waals surface area (Å²) in [7, 11) is 0. The second-order valence-corrected chi connectivity index (χ2v) is 6.53. The van der Waals surface area contributed by atoms with Gasteiger partial charge in [-0.1, -0.05) is 29.3 Å². The maximum absolute atomic E-state index is 12.0. The number of anilines is 1. The lowest BCUT2D eigenvalue weighted by Crippen LogP contribution is -2.45. The highest BCUT2D eigenvalue weighted by Gasteiger charge is 2.24. The van der Waals surface area contributed by atoms with E-state index in [9.17, 15) is 9.59 Å². The fourth-order valence-electron chi connectivity index (χ4n) is 1.99. The summed E-state index contributed by atoms with van der Waals surface area (Å²) in [6, 6.07) is 5.04. The Morgan fingerprint density at radius 2 is 1.86 bits per heavy atom. The molecule has 0 saturated carbocycles. The summed E-state index contributed by atoms with van der Waals surface area (Å²) in [5.41, 5.74) is 0.152. The predicted molar refractivity (Wildman–Crippen MR) is 86.8 cm³/mol. The number of nitrogens with one attached hydrogen (secondary N) is 1. The van der Waals surface area contributed by atoms with E-state index in [0.29, 0.717) is 22.3 Å². The summed E-state index contributed by atoms with van der Waals surface area (Å²) < 4.78 is 0. The van der Waals surface area contributed by atoms with Crippen LogP contribution >= 0.6 is 23.2 Å². The van der Waals surface area contributed by atoms with Gasteiger partial charge in [0.05, 0.1) is 15.7 Å². The Morgan fingerprint density at radius 1 is 1.24 bits per heavy atom. The largest absolute Gasteiger partial charge is 0.338 e. The Bertz CT molecular complexity index is 539. The number of nitrogens with zero attached hydrogens (tertiary/aromatic N) is 1. The van der Waals surface area contributed by atoms with E-state index in [1.807, 2.05) is 20.8 Å². The highest BCUT2D eigenvalue weighted by atomic mass is 35.5. The summed E-state index contributed by atoms with van der Waals surface area (Å²) in [6.45, 7) is 7.64. The molecule has 0 atom stereocenters. The van der Waals surface area contributed by atoms with Gasteiger partial charge in [0.15, 0.2) is 0 Å². The molecule has 6 heteroatoms. The number of halogens is 2. The lowest BCUT2D eigenvalue weighted by atomic mass is 10.1. The normalized spacial score (nSPS) is 11.1. The number of amides is 2. The monoisotopic (exact) mass is 330 g/mol. The molecule has 0 aliphatic rings. The van der Waals surface area contributed by atoms with Crippen LogP contribution in [-0.4, -0.2) is 28.8 Å². The third kappa shape index (κ3) is 5.21. The van der Waals surface area contributed by atoms with Crippen LogP contribution < -0.4 is 5.32 Å².